The third-order valence-electron chi connectivity index (χ3n) is 8.57. The van der Waals surface area contributed by atoms with E-state index in [-0.39, 0.29) is 37.0 Å². The monoisotopic (exact) mass is 711 g/mol. The molecule has 1 aliphatic heterocycles. The minimum Gasteiger partial charge on any atom is -0.392 e. The number of carbonyl (C=O) groups excluding carboxylic acids is 3. The van der Waals surface area contributed by atoms with Crippen LogP contribution in [0.3, 0.4) is 0 Å². The van der Waals surface area contributed by atoms with Crippen LogP contribution in [0.1, 0.15) is 80.1 Å². The van der Waals surface area contributed by atoms with Crippen molar-refractivity contribution in [2.75, 3.05) is 11.1 Å². The smallest absolute Gasteiger partial charge is 0.243 e. The topological polar surface area (TPSA) is 146 Å². The fraction of sp³-hybridized carbons (Fsp3) is 0.325. The molecule has 11 heteroatoms. The van der Waals surface area contributed by atoms with Gasteiger partial charge in [-0.3, -0.25) is 19.6 Å². The summed E-state index contributed by atoms with van der Waals surface area (Å²) in [4.78, 5) is 36.0. The zero-order valence-corrected chi connectivity index (χ0v) is 29.5. The second kappa shape index (κ2) is 19.2. The fourth-order valence-electron chi connectivity index (χ4n) is 5.87. The summed E-state index contributed by atoms with van der Waals surface area (Å²) in [6.07, 6.45) is 2.38. The summed E-state index contributed by atoms with van der Waals surface area (Å²) in [7, 11) is 0. The second-order valence-electron chi connectivity index (χ2n) is 12.6. The molecule has 0 radical (unpaired) electrons. The Labute approximate surface area is 302 Å². The standard InChI is InChI=1S/C40H45N3O7S/c1-27(45)42-34-17-19-36(20-18-34)51-26-35-23-37(30-15-13-28(25-44)14-16-30)50-40(49-35)33-10-6-9-32(22-33)31-8-5-7-29(21-31)24-41-38(46)11-3-2-4-12-39(47)43-48/h5-10,13-22,35,37,40,44,48H,2-4,11-12,23-26H2,1H3,(H,41,46)(H,42,45)(H,43,47). The molecule has 51 heavy (non-hydrogen) atoms. The molecule has 3 unspecified atom stereocenters. The highest BCUT2D eigenvalue weighted by molar-refractivity contribution is 7.99. The Morgan fingerprint density at radius 3 is 2.20 bits per heavy atom. The van der Waals surface area contributed by atoms with Gasteiger partial charge in [-0.2, -0.15) is 0 Å². The molecule has 0 aromatic heterocycles. The molecule has 5 N–H and O–H groups in total. The van der Waals surface area contributed by atoms with Gasteiger partial charge in [0.25, 0.3) is 0 Å². The van der Waals surface area contributed by atoms with Crippen molar-refractivity contribution < 1.29 is 34.2 Å². The Morgan fingerprint density at radius 1 is 0.784 bits per heavy atom. The first-order valence-electron chi connectivity index (χ1n) is 17.2. The number of hydrogen-bond acceptors (Lipinski definition) is 8. The molecule has 10 nitrogen and oxygen atoms in total. The third kappa shape index (κ3) is 11.8. The van der Waals surface area contributed by atoms with Crippen LogP contribution in [-0.4, -0.2) is 39.9 Å². The van der Waals surface area contributed by atoms with Gasteiger partial charge in [-0.25, -0.2) is 5.48 Å². The molecule has 0 spiro atoms. The molecule has 0 saturated carbocycles. The maximum absolute atomic E-state index is 12.4. The summed E-state index contributed by atoms with van der Waals surface area (Å²) >= 11 is 1.69. The van der Waals surface area contributed by atoms with E-state index < -0.39 is 12.2 Å². The Hall–Kier alpha value is -4.52. The quantitative estimate of drug-likeness (QED) is 0.0355. The van der Waals surface area contributed by atoms with Crippen LogP contribution in [0.15, 0.2) is 102 Å². The van der Waals surface area contributed by atoms with E-state index in [1.807, 2.05) is 84.9 Å². The van der Waals surface area contributed by atoms with Gasteiger partial charge in [0, 0.05) is 54.6 Å². The van der Waals surface area contributed by atoms with Crippen molar-refractivity contribution in [3.05, 3.63) is 119 Å². The summed E-state index contributed by atoms with van der Waals surface area (Å²) in [5.74, 6) is 0.139. The number of hydroxylamine groups is 1. The molecule has 5 rings (SSSR count). The molecule has 0 bridgehead atoms. The Balaban J connectivity index is 1.24. The first-order chi connectivity index (χ1) is 24.8. The van der Waals surface area contributed by atoms with Gasteiger partial charge < -0.3 is 25.2 Å². The number of ether oxygens (including phenoxy) is 2. The molecule has 3 atom stereocenters. The molecular formula is C40H45N3O7S. The van der Waals surface area contributed by atoms with Gasteiger partial charge in [0.05, 0.1) is 18.8 Å². The number of aliphatic hydroxyl groups is 1. The average Bonchev–Trinajstić information content (AvgIpc) is 3.16. The van der Waals surface area contributed by atoms with E-state index >= 15 is 0 Å². The maximum atomic E-state index is 12.4. The largest absolute Gasteiger partial charge is 0.392 e. The number of nitrogens with one attached hydrogen (secondary N) is 3. The number of benzene rings is 4. The number of unbranched alkanes of at least 4 members (excludes halogenated alkanes) is 2. The zero-order chi connectivity index (χ0) is 36.0. The lowest BCUT2D eigenvalue weighted by Gasteiger charge is -2.36. The van der Waals surface area contributed by atoms with E-state index in [0.717, 1.165) is 50.4 Å². The van der Waals surface area contributed by atoms with E-state index in [2.05, 4.69) is 22.8 Å². The highest BCUT2D eigenvalue weighted by atomic mass is 32.2. The summed E-state index contributed by atoms with van der Waals surface area (Å²) in [6, 6.07) is 31.8. The fourth-order valence-corrected chi connectivity index (χ4v) is 6.79. The van der Waals surface area contributed by atoms with E-state index in [1.54, 1.807) is 17.2 Å². The van der Waals surface area contributed by atoms with Crippen molar-refractivity contribution in [3.63, 3.8) is 0 Å². The zero-order valence-electron chi connectivity index (χ0n) is 28.7. The molecule has 0 aliphatic carbocycles. The average molecular weight is 712 g/mol. The van der Waals surface area contributed by atoms with Gasteiger partial charge in [-0.05, 0) is 77.1 Å². The molecule has 1 heterocycles. The lowest BCUT2D eigenvalue weighted by atomic mass is 9.99. The molecular weight excluding hydrogens is 667 g/mol. The van der Waals surface area contributed by atoms with Crippen LogP contribution in [0.4, 0.5) is 5.69 Å². The summed E-state index contributed by atoms with van der Waals surface area (Å²) in [6.45, 7) is 1.87. The van der Waals surface area contributed by atoms with Gasteiger partial charge in [0.2, 0.25) is 17.7 Å². The number of amides is 3. The van der Waals surface area contributed by atoms with Crippen LogP contribution < -0.4 is 16.1 Å². The highest BCUT2D eigenvalue weighted by Gasteiger charge is 2.32. The maximum Gasteiger partial charge on any atom is 0.243 e. The van der Waals surface area contributed by atoms with Crippen LogP contribution in [-0.2, 0) is 37.0 Å². The summed E-state index contributed by atoms with van der Waals surface area (Å²) in [5.41, 5.74) is 8.12. The molecule has 3 amide bonds. The van der Waals surface area contributed by atoms with Gasteiger partial charge in [0.15, 0.2) is 6.29 Å². The van der Waals surface area contributed by atoms with Crippen LogP contribution in [0.2, 0.25) is 0 Å². The van der Waals surface area contributed by atoms with E-state index in [1.165, 1.54) is 6.92 Å². The van der Waals surface area contributed by atoms with Crippen LogP contribution >= 0.6 is 11.8 Å². The van der Waals surface area contributed by atoms with Crippen LogP contribution in [0.5, 0.6) is 0 Å². The van der Waals surface area contributed by atoms with Gasteiger partial charge in [0.1, 0.15) is 0 Å². The Kier molecular flexibility index (Phi) is 14.2. The van der Waals surface area contributed by atoms with E-state index in [0.29, 0.717) is 38.0 Å². The summed E-state index contributed by atoms with van der Waals surface area (Å²) in [5, 5.41) is 23.9. The van der Waals surface area contributed by atoms with E-state index in [4.69, 9.17) is 14.7 Å². The SMILES string of the molecule is CC(=O)Nc1ccc(SCC2CC(c3ccc(CO)cc3)OC(c3cccc(-c4cccc(CNC(=O)CCCCCC(=O)NO)c4)c3)O2)cc1. The van der Waals surface area contributed by atoms with Crippen molar-refractivity contribution in [3.8, 4) is 11.1 Å². The number of rotatable bonds is 16. The third-order valence-corrected chi connectivity index (χ3v) is 9.71. The number of hydrogen-bond donors (Lipinski definition) is 5. The Morgan fingerprint density at radius 2 is 1.49 bits per heavy atom. The minimum absolute atomic E-state index is 0.0209. The predicted molar refractivity (Wildman–Crippen MR) is 197 cm³/mol. The van der Waals surface area contributed by atoms with Gasteiger partial charge in [-0.15, -0.1) is 11.8 Å². The van der Waals surface area contributed by atoms with Crippen molar-refractivity contribution in [1.29, 1.82) is 0 Å². The van der Waals surface area contributed by atoms with Crippen molar-refractivity contribution >= 4 is 35.2 Å². The minimum atomic E-state index is -0.602. The first-order valence-corrected chi connectivity index (χ1v) is 18.2. The first kappa shape index (κ1) is 37.7. The van der Waals surface area contributed by atoms with Gasteiger partial charge >= 0.3 is 0 Å². The lowest BCUT2D eigenvalue weighted by molar-refractivity contribution is -0.245. The molecule has 4 aromatic rings. The number of aliphatic hydroxyl groups excluding tert-OH is 1. The van der Waals surface area contributed by atoms with Crippen molar-refractivity contribution in [2.24, 2.45) is 0 Å². The molecule has 4 aromatic carbocycles. The van der Waals surface area contributed by atoms with Crippen LogP contribution in [0, 0.1) is 0 Å². The second-order valence-corrected chi connectivity index (χ2v) is 13.7. The predicted octanol–water partition coefficient (Wildman–Crippen LogP) is 7.21. The summed E-state index contributed by atoms with van der Waals surface area (Å²) < 4.78 is 13.2. The molecule has 1 saturated heterocycles. The Bertz CT molecular complexity index is 1750. The number of anilines is 1. The normalized spacial score (nSPS) is 17.0. The van der Waals surface area contributed by atoms with Gasteiger partial charge in [-0.1, -0.05) is 67.1 Å². The van der Waals surface area contributed by atoms with Crippen LogP contribution in [0.25, 0.3) is 11.1 Å². The molecule has 1 aliphatic rings. The number of thioether (sulfide) groups is 1. The van der Waals surface area contributed by atoms with Crippen molar-refractivity contribution in [2.45, 2.75) is 82.0 Å². The molecule has 1 fully saturated rings. The number of carbonyl (C=O) groups is 3. The lowest BCUT2D eigenvalue weighted by Crippen LogP contribution is -2.31. The van der Waals surface area contributed by atoms with E-state index in [9.17, 15) is 19.5 Å². The highest BCUT2D eigenvalue weighted by Crippen LogP contribution is 2.40. The van der Waals surface area contributed by atoms with Crippen molar-refractivity contribution in [1.82, 2.24) is 10.8 Å². The molecule has 268 valence electrons.